The van der Waals surface area contributed by atoms with Crippen LogP contribution in [0.2, 0.25) is 0 Å². The second kappa shape index (κ2) is 7.04. The Labute approximate surface area is 120 Å². The molecule has 0 atom stereocenters. The predicted molar refractivity (Wildman–Crippen MR) is 75.4 cm³/mol. The van der Waals surface area contributed by atoms with Gasteiger partial charge >= 0.3 is 6.09 Å². The van der Waals surface area contributed by atoms with Gasteiger partial charge in [-0.2, -0.15) is 0 Å². The number of carbonyl (C=O) groups excluding carboxylic acids is 2. The Bertz CT molecular complexity index is 345. The van der Waals surface area contributed by atoms with Crippen molar-refractivity contribution in [3.05, 3.63) is 0 Å². The summed E-state index contributed by atoms with van der Waals surface area (Å²) in [5.74, 6) is -0.268. The lowest BCUT2D eigenvalue weighted by molar-refractivity contribution is -0.124. The maximum absolute atomic E-state index is 11.9. The van der Waals surface area contributed by atoms with Crippen LogP contribution in [0.3, 0.4) is 0 Å². The first-order valence-corrected chi connectivity index (χ1v) is 7.59. The minimum Gasteiger partial charge on any atom is -0.450 e. The molecular formula is C14H25N3O3. The summed E-state index contributed by atoms with van der Waals surface area (Å²) in [7, 11) is 0. The summed E-state index contributed by atoms with van der Waals surface area (Å²) < 4.78 is 4.74. The smallest absolute Gasteiger partial charge is 0.413 e. The molecule has 1 heterocycles. The van der Waals surface area contributed by atoms with Gasteiger partial charge in [0.05, 0.1) is 13.2 Å². The SMILES string of the molecule is CCOC(=O)NC(=O)CN1CCNCC12CCCCC2. The van der Waals surface area contributed by atoms with Crippen LogP contribution in [0.4, 0.5) is 4.79 Å². The van der Waals surface area contributed by atoms with E-state index in [1.165, 1.54) is 19.3 Å². The van der Waals surface area contributed by atoms with E-state index in [-0.39, 0.29) is 24.6 Å². The monoisotopic (exact) mass is 283 g/mol. The first-order valence-electron chi connectivity index (χ1n) is 7.59. The van der Waals surface area contributed by atoms with Gasteiger partial charge in [0.15, 0.2) is 0 Å². The van der Waals surface area contributed by atoms with Crippen LogP contribution in [-0.4, -0.2) is 55.2 Å². The average Bonchev–Trinajstić information content (AvgIpc) is 2.43. The van der Waals surface area contributed by atoms with Gasteiger partial charge in [0, 0.05) is 25.2 Å². The van der Waals surface area contributed by atoms with Crippen LogP contribution in [0.5, 0.6) is 0 Å². The molecule has 0 bridgehead atoms. The lowest BCUT2D eigenvalue weighted by atomic mass is 9.79. The highest BCUT2D eigenvalue weighted by atomic mass is 16.5. The molecule has 114 valence electrons. The summed E-state index contributed by atoms with van der Waals surface area (Å²) in [5.41, 5.74) is 0.0997. The van der Waals surface area contributed by atoms with Crippen molar-refractivity contribution in [2.45, 2.75) is 44.6 Å². The molecule has 1 aliphatic heterocycles. The number of piperazine rings is 1. The molecule has 0 radical (unpaired) electrons. The van der Waals surface area contributed by atoms with E-state index < -0.39 is 6.09 Å². The summed E-state index contributed by atoms with van der Waals surface area (Å²) in [6.07, 6.45) is 5.34. The summed E-state index contributed by atoms with van der Waals surface area (Å²) in [6, 6.07) is 0. The van der Waals surface area contributed by atoms with E-state index in [0.717, 1.165) is 32.5 Å². The number of rotatable bonds is 3. The Morgan fingerprint density at radius 3 is 2.75 bits per heavy atom. The van der Waals surface area contributed by atoms with Crippen molar-refractivity contribution < 1.29 is 14.3 Å². The largest absolute Gasteiger partial charge is 0.450 e. The molecule has 2 N–H and O–H groups in total. The first kappa shape index (κ1) is 15.3. The van der Waals surface area contributed by atoms with Crippen LogP contribution in [0.15, 0.2) is 0 Å². The third-order valence-corrected chi connectivity index (χ3v) is 4.32. The van der Waals surface area contributed by atoms with Gasteiger partial charge in [0.2, 0.25) is 5.91 Å². The molecule has 6 heteroatoms. The van der Waals surface area contributed by atoms with Crippen molar-refractivity contribution in [2.24, 2.45) is 0 Å². The number of hydrogen-bond acceptors (Lipinski definition) is 5. The van der Waals surface area contributed by atoms with Crippen LogP contribution < -0.4 is 10.6 Å². The number of alkyl carbamates (subject to hydrolysis) is 1. The molecule has 1 aliphatic carbocycles. The predicted octanol–water partition coefficient (Wildman–Crippen LogP) is 0.867. The zero-order valence-electron chi connectivity index (χ0n) is 12.2. The van der Waals surface area contributed by atoms with E-state index >= 15 is 0 Å². The van der Waals surface area contributed by atoms with Crippen LogP contribution in [-0.2, 0) is 9.53 Å². The van der Waals surface area contributed by atoms with Crippen LogP contribution >= 0.6 is 0 Å². The fourth-order valence-corrected chi connectivity index (χ4v) is 3.33. The highest BCUT2D eigenvalue weighted by Gasteiger charge is 2.40. The van der Waals surface area contributed by atoms with Gasteiger partial charge < -0.3 is 10.1 Å². The number of amides is 2. The molecule has 0 aromatic heterocycles. The van der Waals surface area contributed by atoms with E-state index in [1.807, 2.05) is 0 Å². The Kier molecular flexibility index (Phi) is 5.37. The van der Waals surface area contributed by atoms with Gasteiger partial charge in [-0.05, 0) is 19.8 Å². The van der Waals surface area contributed by atoms with Gasteiger partial charge in [0.25, 0.3) is 0 Å². The molecule has 1 saturated heterocycles. The number of ether oxygens (including phenoxy) is 1. The van der Waals surface area contributed by atoms with Crippen LogP contribution in [0.1, 0.15) is 39.0 Å². The van der Waals surface area contributed by atoms with Crippen molar-refractivity contribution in [1.29, 1.82) is 0 Å². The summed E-state index contributed by atoms with van der Waals surface area (Å²) >= 11 is 0. The van der Waals surface area contributed by atoms with E-state index in [0.29, 0.717) is 0 Å². The van der Waals surface area contributed by atoms with Crippen molar-refractivity contribution in [3.8, 4) is 0 Å². The molecule has 2 aliphatic rings. The van der Waals surface area contributed by atoms with Gasteiger partial charge in [-0.3, -0.25) is 15.0 Å². The Morgan fingerprint density at radius 1 is 1.30 bits per heavy atom. The quantitative estimate of drug-likeness (QED) is 0.804. The third kappa shape index (κ3) is 3.70. The van der Waals surface area contributed by atoms with Crippen molar-refractivity contribution in [3.63, 3.8) is 0 Å². The molecule has 1 spiro atoms. The van der Waals surface area contributed by atoms with Gasteiger partial charge in [-0.15, -0.1) is 0 Å². The van der Waals surface area contributed by atoms with Gasteiger partial charge in [-0.1, -0.05) is 19.3 Å². The number of nitrogens with one attached hydrogen (secondary N) is 2. The van der Waals surface area contributed by atoms with Gasteiger partial charge in [0.1, 0.15) is 0 Å². The summed E-state index contributed by atoms with van der Waals surface area (Å²) in [4.78, 5) is 25.5. The van der Waals surface area contributed by atoms with E-state index in [1.54, 1.807) is 6.92 Å². The molecule has 2 amide bonds. The van der Waals surface area contributed by atoms with Crippen molar-refractivity contribution in [2.75, 3.05) is 32.8 Å². The molecule has 0 aromatic rings. The highest BCUT2D eigenvalue weighted by molar-refractivity contribution is 5.92. The van der Waals surface area contributed by atoms with Crippen LogP contribution in [0, 0.1) is 0 Å². The number of nitrogens with zero attached hydrogens (tertiary/aromatic N) is 1. The molecule has 0 aromatic carbocycles. The first-order chi connectivity index (χ1) is 9.66. The van der Waals surface area contributed by atoms with Crippen molar-refractivity contribution in [1.82, 2.24) is 15.5 Å². The number of hydrogen-bond donors (Lipinski definition) is 2. The fourth-order valence-electron chi connectivity index (χ4n) is 3.33. The van der Waals surface area contributed by atoms with E-state index in [4.69, 9.17) is 4.74 Å². The van der Waals surface area contributed by atoms with Gasteiger partial charge in [-0.25, -0.2) is 4.79 Å². The van der Waals surface area contributed by atoms with Crippen molar-refractivity contribution >= 4 is 12.0 Å². The normalized spacial score (nSPS) is 22.4. The Hall–Kier alpha value is -1.14. The van der Waals surface area contributed by atoms with Crippen LogP contribution in [0.25, 0.3) is 0 Å². The molecule has 2 fully saturated rings. The maximum Gasteiger partial charge on any atom is 0.413 e. The zero-order chi connectivity index (χ0) is 14.4. The second-order valence-corrected chi connectivity index (χ2v) is 5.65. The summed E-state index contributed by atoms with van der Waals surface area (Å²) in [5, 5.41) is 5.73. The Morgan fingerprint density at radius 2 is 2.05 bits per heavy atom. The molecule has 1 saturated carbocycles. The Balaban J connectivity index is 1.91. The minimum absolute atomic E-state index is 0.0997. The zero-order valence-corrected chi connectivity index (χ0v) is 12.2. The number of imide groups is 1. The number of carbonyl (C=O) groups is 2. The molecule has 20 heavy (non-hydrogen) atoms. The standard InChI is InChI=1S/C14H25N3O3/c1-2-20-13(19)16-12(18)10-17-9-8-15-11-14(17)6-4-3-5-7-14/h15H,2-11H2,1H3,(H,16,18,19). The minimum atomic E-state index is -0.648. The highest BCUT2D eigenvalue weighted by Crippen LogP contribution is 2.34. The lowest BCUT2D eigenvalue weighted by Crippen LogP contribution is -2.63. The molecule has 0 unspecified atom stereocenters. The maximum atomic E-state index is 11.9. The summed E-state index contributed by atoms with van der Waals surface area (Å²) in [6.45, 7) is 4.97. The molecule has 6 nitrogen and oxygen atoms in total. The average molecular weight is 283 g/mol. The third-order valence-electron chi connectivity index (χ3n) is 4.32. The topological polar surface area (TPSA) is 70.7 Å². The van der Waals surface area contributed by atoms with E-state index in [9.17, 15) is 9.59 Å². The van der Waals surface area contributed by atoms with E-state index in [2.05, 4.69) is 15.5 Å². The molecule has 2 rings (SSSR count). The fraction of sp³-hybridized carbons (Fsp3) is 0.857. The second-order valence-electron chi connectivity index (χ2n) is 5.65. The molecular weight excluding hydrogens is 258 g/mol. The lowest BCUT2D eigenvalue weighted by Gasteiger charge is -2.49.